The molecule has 1 aromatic carbocycles. The Morgan fingerprint density at radius 1 is 1.35 bits per heavy atom. The summed E-state index contributed by atoms with van der Waals surface area (Å²) in [6.07, 6.45) is 0.921. The largest absolute Gasteiger partial charge is 0.384 e. The second-order valence-corrected chi connectivity index (χ2v) is 4.63. The van der Waals surface area contributed by atoms with Crippen LogP contribution in [0.15, 0.2) is 29.1 Å². The Labute approximate surface area is 100 Å². The van der Waals surface area contributed by atoms with Crippen molar-refractivity contribution in [3.8, 4) is 0 Å². The SMILES string of the molecule is CC(C)CCn1c(N)c2ccccc2nc1=O. The molecule has 0 aliphatic carbocycles. The van der Waals surface area contributed by atoms with E-state index in [2.05, 4.69) is 18.8 Å². The van der Waals surface area contributed by atoms with Crippen molar-refractivity contribution < 1.29 is 0 Å². The molecule has 90 valence electrons. The second kappa shape index (κ2) is 4.57. The summed E-state index contributed by atoms with van der Waals surface area (Å²) in [5.74, 6) is 1.05. The van der Waals surface area contributed by atoms with Gasteiger partial charge in [-0.2, -0.15) is 4.98 Å². The van der Waals surface area contributed by atoms with Crippen LogP contribution in [0.5, 0.6) is 0 Å². The molecule has 0 spiro atoms. The maximum atomic E-state index is 11.8. The smallest absolute Gasteiger partial charge is 0.349 e. The van der Waals surface area contributed by atoms with E-state index in [0.29, 0.717) is 23.8 Å². The van der Waals surface area contributed by atoms with Crippen molar-refractivity contribution >= 4 is 16.7 Å². The predicted molar refractivity (Wildman–Crippen MR) is 69.9 cm³/mol. The van der Waals surface area contributed by atoms with Crippen molar-refractivity contribution in [3.05, 3.63) is 34.7 Å². The van der Waals surface area contributed by atoms with Gasteiger partial charge in [-0.3, -0.25) is 4.57 Å². The number of nitrogens with two attached hydrogens (primary N) is 1. The first kappa shape index (κ1) is 11.6. The Balaban J connectivity index is 2.52. The van der Waals surface area contributed by atoms with E-state index in [1.165, 1.54) is 0 Å². The summed E-state index contributed by atoms with van der Waals surface area (Å²) in [4.78, 5) is 15.9. The molecule has 2 aromatic rings. The number of anilines is 1. The lowest BCUT2D eigenvalue weighted by atomic mass is 10.1. The standard InChI is InChI=1S/C13H17N3O/c1-9(2)7-8-16-12(14)10-5-3-4-6-11(10)15-13(16)17/h3-6,9H,7-8,14H2,1-2H3. The fourth-order valence-corrected chi connectivity index (χ4v) is 1.80. The van der Waals surface area contributed by atoms with Crippen LogP contribution in [0.2, 0.25) is 0 Å². The lowest BCUT2D eigenvalue weighted by molar-refractivity contribution is 0.508. The molecule has 17 heavy (non-hydrogen) atoms. The van der Waals surface area contributed by atoms with Gasteiger partial charge in [0.25, 0.3) is 0 Å². The van der Waals surface area contributed by atoms with Crippen LogP contribution in [0.25, 0.3) is 10.9 Å². The number of benzene rings is 1. The second-order valence-electron chi connectivity index (χ2n) is 4.63. The minimum atomic E-state index is -0.262. The van der Waals surface area contributed by atoms with Crippen molar-refractivity contribution in [2.24, 2.45) is 5.92 Å². The fraction of sp³-hybridized carbons (Fsp3) is 0.385. The van der Waals surface area contributed by atoms with Gasteiger partial charge in [-0.05, 0) is 24.5 Å². The highest BCUT2D eigenvalue weighted by Gasteiger charge is 2.08. The molecule has 0 saturated heterocycles. The minimum Gasteiger partial charge on any atom is -0.384 e. The summed E-state index contributed by atoms with van der Waals surface area (Å²) < 4.78 is 1.56. The predicted octanol–water partition coefficient (Wildman–Crippen LogP) is 2.02. The van der Waals surface area contributed by atoms with Crippen molar-refractivity contribution in [1.82, 2.24) is 9.55 Å². The first-order valence-electron chi connectivity index (χ1n) is 5.84. The Morgan fingerprint density at radius 3 is 2.76 bits per heavy atom. The monoisotopic (exact) mass is 231 g/mol. The molecule has 0 aliphatic rings. The van der Waals surface area contributed by atoms with Gasteiger partial charge < -0.3 is 5.73 Å². The molecule has 0 atom stereocenters. The average Bonchev–Trinajstić information content (AvgIpc) is 2.28. The number of hydrogen-bond donors (Lipinski definition) is 1. The summed E-state index contributed by atoms with van der Waals surface area (Å²) in [6.45, 7) is 4.87. The Bertz CT molecular complexity index is 587. The molecule has 2 N–H and O–H groups in total. The molecule has 0 bridgehead atoms. The van der Waals surface area contributed by atoms with Crippen LogP contribution in [0.3, 0.4) is 0 Å². The first-order valence-corrected chi connectivity index (χ1v) is 5.84. The quantitative estimate of drug-likeness (QED) is 0.879. The zero-order valence-electron chi connectivity index (χ0n) is 10.2. The van der Waals surface area contributed by atoms with Gasteiger partial charge in [0.2, 0.25) is 0 Å². The molecule has 0 radical (unpaired) electrons. The summed E-state index contributed by atoms with van der Waals surface area (Å²) in [5.41, 5.74) is 6.43. The van der Waals surface area contributed by atoms with Crippen LogP contribution >= 0.6 is 0 Å². The summed E-state index contributed by atoms with van der Waals surface area (Å²) in [5, 5.41) is 0.843. The number of hydrogen-bond acceptors (Lipinski definition) is 3. The summed E-state index contributed by atoms with van der Waals surface area (Å²) >= 11 is 0. The molecule has 2 rings (SSSR count). The van der Waals surface area contributed by atoms with Gasteiger partial charge >= 0.3 is 5.69 Å². The zero-order valence-corrected chi connectivity index (χ0v) is 10.2. The average molecular weight is 231 g/mol. The highest BCUT2D eigenvalue weighted by molar-refractivity contribution is 5.87. The number of nitrogen functional groups attached to an aromatic ring is 1. The van der Waals surface area contributed by atoms with E-state index >= 15 is 0 Å². The third-order valence-corrected chi connectivity index (χ3v) is 2.85. The van der Waals surface area contributed by atoms with Gasteiger partial charge in [0.15, 0.2) is 0 Å². The Morgan fingerprint density at radius 2 is 2.06 bits per heavy atom. The molecule has 0 amide bonds. The molecule has 1 heterocycles. The maximum Gasteiger partial charge on any atom is 0.349 e. The normalized spacial score (nSPS) is 11.2. The van der Waals surface area contributed by atoms with E-state index in [1.54, 1.807) is 10.6 Å². The Hall–Kier alpha value is -1.84. The molecule has 0 aliphatic heterocycles. The Kier molecular flexibility index (Phi) is 3.13. The molecule has 4 heteroatoms. The topological polar surface area (TPSA) is 60.9 Å². The molecule has 0 fully saturated rings. The van der Waals surface area contributed by atoms with E-state index in [9.17, 15) is 4.79 Å². The molecule has 0 saturated carbocycles. The third-order valence-electron chi connectivity index (χ3n) is 2.85. The van der Waals surface area contributed by atoms with Crippen LogP contribution in [0.1, 0.15) is 20.3 Å². The van der Waals surface area contributed by atoms with Crippen LogP contribution < -0.4 is 11.4 Å². The zero-order chi connectivity index (χ0) is 12.4. The number of fused-ring (bicyclic) bond motifs is 1. The number of aromatic nitrogens is 2. The van der Waals surface area contributed by atoms with Crippen molar-refractivity contribution in [2.45, 2.75) is 26.8 Å². The number of nitrogens with zero attached hydrogens (tertiary/aromatic N) is 2. The fourth-order valence-electron chi connectivity index (χ4n) is 1.80. The number of para-hydroxylation sites is 1. The van der Waals surface area contributed by atoms with Crippen LogP contribution in [0, 0.1) is 5.92 Å². The van der Waals surface area contributed by atoms with E-state index in [4.69, 9.17) is 5.73 Å². The van der Waals surface area contributed by atoms with Gasteiger partial charge in [0, 0.05) is 11.9 Å². The van der Waals surface area contributed by atoms with Crippen LogP contribution in [-0.4, -0.2) is 9.55 Å². The maximum absolute atomic E-state index is 11.8. The lowest BCUT2D eigenvalue weighted by Gasteiger charge is -2.12. The van der Waals surface area contributed by atoms with E-state index in [0.717, 1.165) is 11.8 Å². The molecular weight excluding hydrogens is 214 g/mol. The van der Waals surface area contributed by atoms with Crippen molar-refractivity contribution in [1.29, 1.82) is 0 Å². The molecular formula is C13H17N3O. The van der Waals surface area contributed by atoms with Crippen LogP contribution in [-0.2, 0) is 6.54 Å². The molecule has 4 nitrogen and oxygen atoms in total. The van der Waals surface area contributed by atoms with Gasteiger partial charge in [0.1, 0.15) is 5.82 Å². The van der Waals surface area contributed by atoms with E-state index in [1.807, 2.05) is 18.2 Å². The highest BCUT2D eigenvalue weighted by atomic mass is 16.1. The van der Waals surface area contributed by atoms with Crippen molar-refractivity contribution in [2.75, 3.05) is 5.73 Å². The highest BCUT2D eigenvalue weighted by Crippen LogP contribution is 2.17. The van der Waals surface area contributed by atoms with Gasteiger partial charge in [-0.1, -0.05) is 26.0 Å². The molecule has 1 aromatic heterocycles. The summed E-state index contributed by atoms with van der Waals surface area (Å²) in [7, 11) is 0. The van der Waals surface area contributed by atoms with Crippen LogP contribution in [0.4, 0.5) is 5.82 Å². The lowest BCUT2D eigenvalue weighted by Crippen LogP contribution is -2.26. The van der Waals surface area contributed by atoms with Gasteiger partial charge in [0.05, 0.1) is 5.52 Å². The minimum absolute atomic E-state index is 0.262. The van der Waals surface area contributed by atoms with E-state index < -0.39 is 0 Å². The summed E-state index contributed by atoms with van der Waals surface area (Å²) in [6, 6.07) is 7.45. The van der Waals surface area contributed by atoms with Gasteiger partial charge in [-0.15, -0.1) is 0 Å². The molecule has 0 unspecified atom stereocenters. The third kappa shape index (κ3) is 2.30. The first-order chi connectivity index (χ1) is 8.09. The van der Waals surface area contributed by atoms with E-state index in [-0.39, 0.29) is 5.69 Å². The van der Waals surface area contributed by atoms with Crippen molar-refractivity contribution in [3.63, 3.8) is 0 Å². The number of rotatable bonds is 3. The van der Waals surface area contributed by atoms with Gasteiger partial charge in [-0.25, -0.2) is 4.79 Å².